The third kappa shape index (κ3) is 4.84. The van der Waals surface area contributed by atoms with Gasteiger partial charge in [0.1, 0.15) is 11.6 Å². The van der Waals surface area contributed by atoms with E-state index in [-0.39, 0.29) is 12.4 Å². The van der Waals surface area contributed by atoms with E-state index in [1.54, 1.807) is 0 Å². The first-order chi connectivity index (χ1) is 14.2. The van der Waals surface area contributed by atoms with Crippen LogP contribution in [0.25, 0.3) is 12.2 Å². The lowest BCUT2D eigenvalue weighted by Crippen LogP contribution is -2.15. The summed E-state index contributed by atoms with van der Waals surface area (Å²) in [6, 6.07) is 22.0. The van der Waals surface area contributed by atoms with Crippen LogP contribution in [0.2, 0.25) is 0 Å². The van der Waals surface area contributed by atoms with E-state index in [0.717, 1.165) is 59.0 Å². The van der Waals surface area contributed by atoms with Gasteiger partial charge in [-0.05, 0) is 48.4 Å². The van der Waals surface area contributed by atoms with E-state index >= 15 is 0 Å². The Morgan fingerprint density at radius 1 is 0.933 bits per heavy atom. The second-order valence-electron chi connectivity index (χ2n) is 7.01. The number of para-hydroxylation sites is 1. The van der Waals surface area contributed by atoms with Gasteiger partial charge in [-0.15, -0.1) is 12.4 Å². The van der Waals surface area contributed by atoms with Crippen molar-refractivity contribution in [3.05, 3.63) is 83.4 Å². The van der Waals surface area contributed by atoms with E-state index in [0.29, 0.717) is 5.84 Å². The molecule has 0 fully saturated rings. The van der Waals surface area contributed by atoms with E-state index in [9.17, 15) is 0 Å². The van der Waals surface area contributed by atoms with Crippen LogP contribution >= 0.6 is 12.4 Å². The summed E-state index contributed by atoms with van der Waals surface area (Å²) in [5, 5.41) is 3.50. The first kappa shape index (κ1) is 21.5. The minimum absolute atomic E-state index is 0. The number of unbranched alkanes of at least 4 members (excludes halogenated alkanes) is 1. The third-order valence-electron chi connectivity index (χ3n) is 4.89. The number of halogens is 1. The highest BCUT2D eigenvalue weighted by Gasteiger charge is 2.13. The summed E-state index contributed by atoms with van der Waals surface area (Å²) in [4.78, 5) is 4.63. The summed E-state index contributed by atoms with van der Waals surface area (Å²) in [6.07, 6.45) is 6.37. The minimum Gasteiger partial charge on any atom is -0.494 e. The van der Waals surface area contributed by atoms with Gasteiger partial charge in [-0.2, -0.15) is 0 Å². The molecule has 0 atom stereocenters. The van der Waals surface area contributed by atoms with Gasteiger partial charge < -0.3 is 15.8 Å². The fraction of sp³-hybridized carbons (Fsp3) is 0.160. The van der Waals surface area contributed by atoms with Crippen LogP contribution in [0.4, 0.5) is 17.1 Å². The molecule has 4 rings (SSSR count). The molecule has 1 heterocycles. The van der Waals surface area contributed by atoms with Crippen LogP contribution in [0, 0.1) is 0 Å². The Balaban J connectivity index is 0.00000256. The number of hydrogen-bond donors (Lipinski definition) is 2. The van der Waals surface area contributed by atoms with E-state index in [1.165, 1.54) is 0 Å². The van der Waals surface area contributed by atoms with Crippen LogP contribution in [0.15, 0.2) is 71.7 Å². The molecule has 30 heavy (non-hydrogen) atoms. The van der Waals surface area contributed by atoms with Crippen LogP contribution in [-0.4, -0.2) is 12.4 Å². The van der Waals surface area contributed by atoms with Crippen LogP contribution < -0.4 is 15.8 Å². The lowest BCUT2D eigenvalue weighted by atomic mass is 10.0. The number of nitrogens with one attached hydrogen (secondary N) is 1. The normalized spacial score (nSPS) is 12.1. The van der Waals surface area contributed by atoms with Crippen molar-refractivity contribution in [1.29, 1.82) is 0 Å². The topological polar surface area (TPSA) is 59.6 Å². The highest BCUT2D eigenvalue weighted by Crippen LogP contribution is 2.32. The molecule has 3 aromatic carbocycles. The molecule has 0 radical (unpaired) electrons. The first-order valence-corrected chi connectivity index (χ1v) is 9.99. The molecule has 0 aromatic heterocycles. The van der Waals surface area contributed by atoms with Crippen molar-refractivity contribution < 1.29 is 4.74 Å². The fourth-order valence-corrected chi connectivity index (χ4v) is 3.30. The fourth-order valence-electron chi connectivity index (χ4n) is 3.30. The van der Waals surface area contributed by atoms with Gasteiger partial charge in [0.25, 0.3) is 0 Å². The van der Waals surface area contributed by atoms with Crippen molar-refractivity contribution >= 4 is 47.5 Å². The van der Waals surface area contributed by atoms with Gasteiger partial charge in [-0.3, -0.25) is 0 Å². The van der Waals surface area contributed by atoms with Crippen molar-refractivity contribution in [2.24, 2.45) is 10.7 Å². The third-order valence-corrected chi connectivity index (χ3v) is 4.89. The van der Waals surface area contributed by atoms with Crippen LogP contribution in [0.1, 0.15) is 36.5 Å². The van der Waals surface area contributed by atoms with Crippen LogP contribution in [0.3, 0.4) is 0 Å². The average Bonchev–Trinajstić information content (AvgIpc) is 2.94. The molecule has 1 aliphatic heterocycles. The number of benzene rings is 3. The SMILES string of the molecule is CCCCOc1ccc(N=C(N)c2cccc3c2C=Cc2ccccc2N3)cc1.Cl. The van der Waals surface area contributed by atoms with Crippen molar-refractivity contribution in [1.82, 2.24) is 0 Å². The van der Waals surface area contributed by atoms with Gasteiger partial charge in [0, 0.05) is 22.5 Å². The van der Waals surface area contributed by atoms with Crippen LogP contribution in [-0.2, 0) is 0 Å². The molecule has 0 saturated heterocycles. The molecule has 5 heteroatoms. The van der Waals surface area contributed by atoms with E-state index in [2.05, 4.69) is 47.6 Å². The quantitative estimate of drug-likeness (QED) is 0.211. The second kappa shape index (κ2) is 9.99. The van der Waals surface area contributed by atoms with Crippen molar-refractivity contribution in [2.75, 3.05) is 11.9 Å². The number of aliphatic imine (C=N–C) groups is 1. The molecule has 0 spiro atoms. The lowest BCUT2D eigenvalue weighted by Gasteiger charge is -2.13. The number of amidine groups is 1. The maximum Gasteiger partial charge on any atom is 0.132 e. The molecule has 1 aliphatic rings. The molecule has 154 valence electrons. The molecule has 0 aliphatic carbocycles. The van der Waals surface area contributed by atoms with Gasteiger partial charge in [0.2, 0.25) is 0 Å². The predicted molar refractivity (Wildman–Crippen MR) is 130 cm³/mol. The Labute approximate surface area is 183 Å². The van der Waals surface area contributed by atoms with Gasteiger partial charge in [0.05, 0.1) is 12.3 Å². The summed E-state index contributed by atoms with van der Waals surface area (Å²) in [5.41, 5.74) is 12.4. The number of nitrogens with two attached hydrogens (primary N) is 1. The van der Waals surface area contributed by atoms with Crippen LogP contribution in [0.5, 0.6) is 5.75 Å². The minimum atomic E-state index is 0. The standard InChI is InChI=1S/C25H25N3O.ClH/c1-2-3-17-29-20-14-12-19(13-15-20)27-25(26)22-8-6-10-24-21(22)16-11-18-7-4-5-9-23(18)28-24;/h4-16,28H,2-3,17H2,1H3,(H2,26,27);1H. The highest BCUT2D eigenvalue weighted by atomic mass is 35.5. The predicted octanol–water partition coefficient (Wildman–Crippen LogP) is 6.55. The molecular weight excluding hydrogens is 394 g/mol. The number of ether oxygens (including phenoxy) is 1. The number of hydrogen-bond acceptors (Lipinski definition) is 3. The second-order valence-corrected chi connectivity index (χ2v) is 7.01. The molecule has 4 nitrogen and oxygen atoms in total. The molecule has 3 N–H and O–H groups in total. The maximum atomic E-state index is 6.40. The number of anilines is 2. The zero-order chi connectivity index (χ0) is 20.1. The summed E-state index contributed by atoms with van der Waals surface area (Å²) >= 11 is 0. The summed E-state index contributed by atoms with van der Waals surface area (Å²) in [7, 11) is 0. The van der Waals surface area contributed by atoms with Gasteiger partial charge >= 0.3 is 0 Å². The van der Waals surface area contributed by atoms with E-state index < -0.39 is 0 Å². The van der Waals surface area contributed by atoms with Gasteiger partial charge in [-0.25, -0.2) is 4.99 Å². The first-order valence-electron chi connectivity index (χ1n) is 9.99. The number of rotatable bonds is 6. The molecule has 0 bridgehead atoms. The van der Waals surface area contributed by atoms with Gasteiger partial charge in [-0.1, -0.05) is 55.8 Å². The Morgan fingerprint density at radius 2 is 1.70 bits per heavy atom. The summed E-state index contributed by atoms with van der Waals surface area (Å²) < 4.78 is 5.71. The Bertz CT molecular complexity index is 1060. The molecule has 0 saturated carbocycles. The summed E-state index contributed by atoms with van der Waals surface area (Å²) in [5.74, 6) is 1.34. The zero-order valence-electron chi connectivity index (χ0n) is 17.0. The smallest absolute Gasteiger partial charge is 0.132 e. The van der Waals surface area contributed by atoms with Crippen molar-refractivity contribution in [3.63, 3.8) is 0 Å². The maximum absolute atomic E-state index is 6.40. The highest BCUT2D eigenvalue weighted by molar-refractivity contribution is 6.05. The van der Waals surface area contributed by atoms with Crippen molar-refractivity contribution in [3.8, 4) is 5.75 Å². The average molecular weight is 420 g/mol. The van der Waals surface area contributed by atoms with Gasteiger partial charge in [0.15, 0.2) is 0 Å². The number of nitrogens with zero attached hydrogens (tertiary/aromatic N) is 1. The molecule has 0 unspecified atom stereocenters. The molecule has 0 amide bonds. The molecule has 3 aromatic rings. The zero-order valence-corrected chi connectivity index (χ0v) is 17.8. The Hall–Kier alpha value is -3.24. The lowest BCUT2D eigenvalue weighted by molar-refractivity contribution is 0.309. The summed E-state index contributed by atoms with van der Waals surface area (Å²) in [6.45, 7) is 2.89. The van der Waals surface area contributed by atoms with Crippen molar-refractivity contribution in [2.45, 2.75) is 19.8 Å². The monoisotopic (exact) mass is 419 g/mol. The largest absolute Gasteiger partial charge is 0.494 e. The van der Waals surface area contributed by atoms with E-state index in [1.807, 2.05) is 48.5 Å². The Kier molecular flexibility index (Phi) is 7.15. The Morgan fingerprint density at radius 3 is 2.50 bits per heavy atom. The number of fused-ring (bicyclic) bond motifs is 2. The molecular formula is C25H26ClN3O. The van der Waals surface area contributed by atoms with E-state index in [4.69, 9.17) is 10.5 Å².